The number of ether oxygens (including phenoxy) is 1. The highest BCUT2D eigenvalue weighted by Gasteiger charge is 2.55. The van der Waals surface area contributed by atoms with Gasteiger partial charge in [0, 0.05) is 57.6 Å². The number of piperidine rings is 1. The summed E-state index contributed by atoms with van der Waals surface area (Å²) < 4.78 is 7.58. The highest BCUT2D eigenvalue weighted by Crippen LogP contribution is 2.51. The van der Waals surface area contributed by atoms with Gasteiger partial charge in [-0.1, -0.05) is 6.07 Å². The monoisotopic (exact) mass is 550 g/mol. The first-order valence-electron chi connectivity index (χ1n) is 14.1. The summed E-state index contributed by atoms with van der Waals surface area (Å²) >= 11 is 0. The fourth-order valence-electron chi connectivity index (χ4n) is 6.44. The average molecular weight is 551 g/mol. The summed E-state index contributed by atoms with van der Waals surface area (Å²) in [5.41, 5.74) is 12.1. The van der Waals surface area contributed by atoms with Gasteiger partial charge in [0.15, 0.2) is 0 Å². The van der Waals surface area contributed by atoms with Crippen molar-refractivity contribution in [3.05, 3.63) is 46.5 Å². The Kier molecular flexibility index (Phi) is 6.79. The maximum Gasteiger partial charge on any atom is 0.354 e. The van der Waals surface area contributed by atoms with Crippen LogP contribution in [0, 0.1) is 17.8 Å². The number of rotatable bonds is 5. The van der Waals surface area contributed by atoms with Crippen LogP contribution in [0.5, 0.6) is 5.75 Å². The number of urea groups is 1. The van der Waals surface area contributed by atoms with E-state index in [9.17, 15) is 14.4 Å². The summed E-state index contributed by atoms with van der Waals surface area (Å²) in [5, 5.41) is 2.70. The number of aromatic nitrogens is 2. The van der Waals surface area contributed by atoms with E-state index in [1.807, 2.05) is 18.2 Å². The number of benzene rings is 1. The molecule has 1 saturated carbocycles. The van der Waals surface area contributed by atoms with Crippen LogP contribution >= 0.6 is 0 Å². The predicted octanol–water partition coefficient (Wildman–Crippen LogP) is 0.0859. The first-order chi connectivity index (χ1) is 19.1. The van der Waals surface area contributed by atoms with Gasteiger partial charge >= 0.3 is 11.7 Å². The maximum atomic E-state index is 12.9. The lowest BCUT2D eigenvalue weighted by atomic mass is 10.0. The molecule has 0 radical (unpaired) electrons. The van der Waals surface area contributed by atoms with Crippen LogP contribution in [-0.2, 0) is 11.2 Å². The molecule has 4 aliphatic rings. The van der Waals surface area contributed by atoms with Gasteiger partial charge in [0.25, 0.3) is 0 Å². The van der Waals surface area contributed by atoms with E-state index in [1.165, 1.54) is 4.57 Å². The molecule has 6 rings (SSSR count). The zero-order chi connectivity index (χ0) is 28.2. The van der Waals surface area contributed by atoms with E-state index in [1.54, 1.807) is 35.9 Å². The summed E-state index contributed by atoms with van der Waals surface area (Å²) in [6, 6.07) is 7.40. The quantitative estimate of drug-likeness (QED) is 0.474. The van der Waals surface area contributed by atoms with Crippen molar-refractivity contribution < 1.29 is 14.3 Å². The summed E-state index contributed by atoms with van der Waals surface area (Å²) in [6.45, 7) is 8.53. The SMILES string of the molecule is CC(C)(N)C(=O)N1CCN(C(=O)Nc2ccn(-c3ccc4c(c3)OCC(N3C[C@@H]5C(CN)[C@@H]5C3)C4)c(=O)n2)CC1. The minimum Gasteiger partial charge on any atom is -0.492 e. The van der Waals surface area contributed by atoms with Gasteiger partial charge in [0.2, 0.25) is 5.91 Å². The topological polar surface area (TPSA) is 152 Å². The number of carbonyl (C=O) groups is 2. The number of piperazine rings is 1. The van der Waals surface area contributed by atoms with Crippen molar-refractivity contribution in [1.29, 1.82) is 0 Å². The second-order valence-electron chi connectivity index (χ2n) is 12.0. The van der Waals surface area contributed by atoms with Crippen molar-refractivity contribution in [2.24, 2.45) is 29.2 Å². The van der Waals surface area contributed by atoms with Crippen molar-refractivity contribution in [3.8, 4) is 11.4 Å². The fourth-order valence-corrected chi connectivity index (χ4v) is 6.44. The number of hydrogen-bond acceptors (Lipinski definition) is 8. The van der Waals surface area contributed by atoms with Gasteiger partial charge < -0.3 is 26.0 Å². The first kappa shape index (κ1) is 26.7. The van der Waals surface area contributed by atoms with Gasteiger partial charge in [-0.2, -0.15) is 4.98 Å². The fraction of sp³-hybridized carbons (Fsp3) is 0.571. The second kappa shape index (κ2) is 10.2. The lowest BCUT2D eigenvalue weighted by Gasteiger charge is -2.37. The number of nitrogens with one attached hydrogen (secondary N) is 1. The van der Waals surface area contributed by atoms with Gasteiger partial charge in [-0.15, -0.1) is 0 Å². The van der Waals surface area contributed by atoms with Crippen LogP contribution < -0.4 is 27.2 Å². The van der Waals surface area contributed by atoms with E-state index in [0.717, 1.165) is 49.2 Å². The predicted molar refractivity (Wildman–Crippen MR) is 149 cm³/mol. The number of anilines is 1. The molecule has 12 heteroatoms. The van der Waals surface area contributed by atoms with Crippen LogP contribution in [0.2, 0.25) is 0 Å². The number of likely N-dealkylation sites (tertiary alicyclic amines) is 1. The summed E-state index contributed by atoms with van der Waals surface area (Å²) in [6.07, 6.45) is 2.52. The van der Waals surface area contributed by atoms with Gasteiger partial charge in [-0.25, -0.2) is 9.59 Å². The summed E-state index contributed by atoms with van der Waals surface area (Å²) in [5.74, 6) is 3.04. The van der Waals surface area contributed by atoms with Gasteiger partial charge in [0.05, 0.1) is 11.2 Å². The highest BCUT2D eigenvalue weighted by molar-refractivity contribution is 5.89. The van der Waals surface area contributed by atoms with Crippen molar-refractivity contribution in [1.82, 2.24) is 24.3 Å². The average Bonchev–Trinajstić information content (AvgIpc) is 3.41. The van der Waals surface area contributed by atoms with Crippen molar-refractivity contribution >= 4 is 17.8 Å². The molecule has 4 heterocycles. The third-order valence-electron chi connectivity index (χ3n) is 8.85. The van der Waals surface area contributed by atoms with Crippen LogP contribution in [0.25, 0.3) is 5.69 Å². The Morgan fingerprint density at radius 3 is 2.45 bits per heavy atom. The Morgan fingerprint density at radius 1 is 1.10 bits per heavy atom. The Labute approximate surface area is 233 Å². The molecule has 3 aliphatic heterocycles. The molecule has 3 amide bonds. The molecule has 1 aliphatic carbocycles. The molecule has 1 aromatic carbocycles. The van der Waals surface area contributed by atoms with Crippen molar-refractivity contribution in [2.75, 3.05) is 57.7 Å². The van der Waals surface area contributed by atoms with Crippen LogP contribution in [0.3, 0.4) is 0 Å². The minimum atomic E-state index is -0.951. The lowest BCUT2D eigenvalue weighted by Crippen LogP contribution is -2.58. The minimum absolute atomic E-state index is 0.144. The Hall–Kier alpha value is -3.48. The number of hydrogen-bond donors (Lipinski definition) is 3. The normalized spacial score (nSPS) is 26.1. The number of amides is 3. The summed E-state index contributed by atoms with van der Waals surface area (Å²) in [7, 11) is 0. The van der Waals surface area contributed by atoms with Crippen LogP contribution in [-0.4, -0.2) is 100 Å². The third kappa shape index (κ3) is 5.06. The van der Waals surface area contributed by atoms with Crippen molar-refractivity contribution in [2.45, 2.75) is 31.8 Å². The van der Waals surface area contributed by atoms with E-state index in [4.69, 9.17) is 16.2 Å². The maximum absolute atomic E-state index is 12.9. The molecule has 0 spiro atoms. The molecule has 2 saturated heterocycles. The molecular formula is C28H38N8O4. The molecule has 214 valence electrons. The second-order valence-corrected chi connectivity index (χ2v) is 12.0. The van der Waals surface area contributed by atoms with Crippen LogP contribution in [0.4, 0.5) is 10.6 Å². The number of nitrogens with two attached hydrogens (primary N) is 2. The van der Waals surface area contributed by atoms with Gasteiger partial charge in [-0.05, 0) is 62.3 Å². The van der Waals surface area contributed by atoms with E-state index in [-0.39, 0.29) is 17.8 Å². The molecular weight excluding hydrogens is 512 g/mol. The first-order valence-corrected chi connectivity index (χ1v) is 14.1. The number of nitrogens with zero attached hydrogens (tertiary/aromatic N) is 5. The molecule has 2 unspecified atom stereocenters. The van der Waals surface area contributed by atoms with Crippen LogP contribution in [0.1, 0.15) is 19.4 Å². The number of fused-ring (bicyclic) bond motifs is 2. The Morgan fingerprint density at radius 2 is 1.80 bits per heavy atom. The Bertz CT molecular complexity index is 1350. The number of carbonyl (C=O) groups excluding carboxylic acids is 2. The van der Waals surface area contributed by atoms with E-state index < -0.39 is 11.2 Å². The molecule has 4 atom stereocenters. The Balaban J connectivity index is 1.05. The molecule has 40 heavy (non-hydrogen) atoms. The zero-order valence-electron chi connectivity index (χ0n) is 23.1. The smallest absolute Gasteiger partial charge is 0.354 e. The standard InChI is InChI=1S/C28H38N8O4/c1-28(2,30)25(37)33-7-9-34(10-8-33)26(38)31-24-5-6-36(27(39)32-24)18-4-3-17-11-19(16-40-23(17)12-18)35-14-21-20(13-29)22(21)15-35/h3-6,12,19-22H,7-11,13-16,29-30H2,1-2H3,(H,31,32,38,39)/t19?,20?,21-,22+. The lowest BCUT2D eigenvalue weighted by molar-refractivity contribution is -0.137. The molecule has 12 nitrogen and oxygen atoms in total. The van der Waals surface area contributed by atoms with Crippen molar-refractivity contribution in [3.63, 3.8) is 0 Å². The molecule has 1 aromatic heterocycles. The van der Waals surface area contributed by atoms with E-state index in [2.05, 4.69) is 15.2 Å². The van der Waals surface area contributed by atoms with Gasteiger partial charge in [0.1, 0.15) is 18.2 Å². The largest absolute Gasteiger partial charge is 0.492 e. The highest BCUT2D eigenvalue weighted by atomic mass is 16.5. The molecule has 0 bridgehead atoms. The molecule has 3 fully saturated rings. The van der Waals surface area contributed by atoms with E-state index >= 15 is 0 Å². The van der Waals surface area contributed by atoms with Gasteiger partial charge in [-0.3, -0.25) is 19.6 Å². The van der Waals surface area contributed by atoms with Crippen LogP contribution in [0.15, 0.2) is 35.3 Å². The molecule has 5 N–H and O–H groups in total. The molecule has 2 aromatic rings. The zero-order valence-corrected chi connectivity index (χ0v) is 23.1. The third-order valence-corrected chi connectivity index (χ3v) is 8.85. The summed E-state index contributed by atoms with van der Waals surface area (Å²) in [4.78, 5) is 47.9. The van der Waals surface area contributed by atoms with E-state index in [0.29, 0.717) is 50.4 Å².